The molecule has 0 aliphatic heterocycles. The van der Waals surface area contributed by atoms with E-state index in [2.05, 4.69) is 21.5 Å². The lowest BCUT2D eigenvalue weighted by Crippen LogP contribution is -2.26. The molecule has 1 amide bonds. The Balaban J connectivity index is 1.55. The van der Waals surface area contributed by atoms with Gasteiger partial charge >= 0.3 is 0 Å². The molecule has 5 nitrogen and oxygen atoms in total. The van der Waals surface area contributed by atoms with Crippen molar-refractivity contribution in [2.45, 2.75) is 26.8 Å². The highest BCUT2D eigenvalue weighted by molar-refractivity contribution is 5.94. The molecule has 0 saturated heterocycles. The maximum Gasteiger partial charge on any atom is 0.269 e. The summed E-state index contributed by atoms with van der Waals surface area (Å²) in [5.41, 5.74) is 3.45. The number of aryl methyl sites for hydroxylation is 3. The van der Waals surface area contributed by atoms with Crippen molar-refractivity contribution in [3.8, 4) is 0 Å². The Bertz CT molecular complexity index is 838. The van der Waals surface area contributed by atoms with E-state index in [0.717, 1.165) is 35.3 Å². The zero-order chi connectivity index (χ0) is 16.2. The van der Waals surface area contributed by atoms with Crippen molar-refractivity contribution in [2.24, 2.45) is 0 Å². The quantitative estimate of drug-likeness (QED) is 0.737. The Kier molecular flexibility index (Phi) is 4.37. The van der Waals surface area contributed by atoms with Crippen LogP contribution in [0.4, 0.5) is 0 Å². The molecule has 5 heteroatoms. The summed E-state index contributed by atoms with van der Waals surface area (Å²) >= 11 is 0. The molecular formula is C18H20N4O. The zero-order valence-corrected chi connectivity index (χ0v) is 13.4. The van der Waals surface area contributed by atoms with Crippen LogP contribution in [0.5, 0.6) is 0 Å². The van der Waals surface area contributed by atoms with E-state index in [1.165, 1.54) is 0 Å². The summed E-state index contributed by atoms with van der Waals surface area (Å²) in [5.74, 6) is -0.135. The molecule has 1 N–H and O–H groups in total. The van der Waals surface area contributed by atoms with Crippen molar-refractivity contribution in [1.82, 2.24) is 20.1 Å². The number of carbonyl (C=O) groups excluding carboxylic acids is 1. The first-order chi connectivity index (χ1) is 11.1. The van der Waals surface area contributed by atoms with Gasteiger partial charge in [-0.2, -0.15) is 5.10 Å². The van der Waals surface area contributed by atoms with Crippen LogP contribution in [-0.4, -0.2) is 27.2 Å². The van der Waals surface area contributed by atoms with Gasteiger partial charge in [-0.15, -0.1) is 0 Å². The number of rotatable bonds is 5. The summed E-state index contributed by atoms with van der Waals surface area (Å²) in [6.45, 7) is 5.42. The van der Waals surface area contributed by atoms with Gasteiger partial charge in [-0.05, 0) is 38.5 Å². The van der Waals surface area contributed by atoms with Gasteiger partial charge in [-0.1, -0.05) is 24.3 Å². The highest BCUT2D eigenvalue weighted by Gasteiger charge is 2.07. The van der Waals surface area contributed by atoms with Gasteiger partial charge in [-0.3, -0.25) is 9.48 Å². The Hall–Kier alpha value is -2.69. The third-order valence-electron chi connectivity index (χ3n) is 3.77. The minimum absolute atomic E-state index is 0.135. The predicted octanol–water partition coefficient (Wildman–Crippen LogP) is 2.87. The van der Waals surface area contributed by atoms with Crippen LogP contribution in [-0.2, 0) is 6.54 Å². The number of para-hydroxylation sites is 1. The maximum absolute atomic E-state index is 12.2. The molecule has 23 heavy (non-hydrogen) atoms. The number of pyridine rings is 1. The van der Waals surface area contributed by atoms with Crippen LogP contribution in [0.3, 0.4) is 0 Å². The van der Waals surface area contributed by atoms with Crippen LogP contribution in [0.15, 0.2) is 42.5 Å². The number of nitrogens with one attached hydrogen (secondary N) is 1. The Morgan fingerprint density at radius 2 is 2.00 bits per heavy atom. The number of fused-ring (bicyclic) bond motifs is 1. The van der Waals surface area contributed by atoms with Gasteiger partial charge in [0.05, 0.1) is 11.2 Å². The molecule has 0 saturated carbocycles. The fourth-order valence-corrected chi connectivity index (χ4v) is 2.62. The lowest BCUT2D eigenvalue weighted by atomic mass is 10.2. The van der Waals surface area contributed by atoms with E-state index in [4.69, 9.17) is 0 Å². The van der Waals surface area contributed by atoms with Crippen molar-refractivity contribution in [3.05, 3.63) is 59.5 Å². The second kappa shape index (κ2) is 6.60. The lowest BCUT2D eigenvalue weighted by Gasteiger charge is -2.07. The van der Waals surface area contributed by atoms with Crippen molar-refractivity contribution >= 4 is 16.8 Å². The van der Waals surface area contributed by atoms with Crippen molar-refractivity contribution < 1.29 is 4.79 Å². The topological polar surface area (TPSA) is 59.8 Å². The summed E-state index contributed by atoms with van der Waals surface area (Å²) in [5, 5.41) is 8.36. The smallest absolute Gasteiger partial charge is 0.269 e. The van der Waals surface area contributed by atoms with Crippen LogP contribution in [0, 0.1) is 13.8 Å². The molecular weight excluding hydrogens is 288 g/mol. The van der Waals surface area contributed by atoms with Crippen molar-refractivity contribution in [2.75, 3.05) is 6.54 Å². The lowest BCUT2D eigenvalue weighted by molar-refractivity contribution is 0.0948. The van der Waals surface area contributed by atoms with Gasteiger partial charge in [-0.25, -0.2) is 4.98 Å². The SMILES string of the molecule is Cc1cc(C)n(CCCNC(=O)c2ccc3ccccc3n2)n1. The van der Waals surface area contributed by atoms with E-state index in [-0.39, 0.29) is 5.91 Å². The normalized spacial score (nSPS) is 10.9. The molecule has 0 radical (unpaired) electrons. The summed E-state index contributed by atoms with van der Waals surface area (Å²) in [6.07, 6.45) is 0.835. The molecule has 0 unspecified atom stereocenters. The number of nitrogens with zero attached hydrogens (tertiary/aromatic N) is 3. The molecule has 1 aromatic carbocycles. The molecule has 0 spiro atoms. The number of benzene rings is 1. The second-order valence-electron chi connectivity index (χ2n) is 5.65. The first kappa shape index (κ1) is 15.2. The van der Waals surface area contributed by atoms with Crippen molar-refractivity contribution in [1.29, 1.82) is 0 Å². The fraction of sp³-hybridized carbons (Fsp3) is 0.278. The summed E-state index contributed by atoms with van der Waals surface area (Å²) in [6, 6.07) is 13.5. The Morgan fingerprint density at radius 1 is 1.17 bits per heavy atom. The highest BCUT2D eigenvalue weighted by atomic mass is 16.1. The molecule has 2 heterocycles. The van der Waals surface area contributed by atoms with Crippen LogP contribution >= 0.6 is 0 Å². The highest BCUT2D eigenvalue weighted by Crippen LogP contribution is 2.11. The van der Waals surface area contributed by atoms with E-state index in [1.54, 1.807) is 6.07 Å². The standard InChI is InChI=1S/C18H20N4O/c1-13-12-14(2)22(21-13)11-5-10-19-18(23)17-9-8-15-6-3-4-7-16(15)20-17/h3-4,6-9,12H,5,10-11H2,1-2H3,(H,19,23). The molecule has 0 aliphatic carbocycles. The fourth-order valence-electron chi connectivity index (χ4n) is 2.62. The molecule has 0 aliphatic rings. The largest absolute Gasteiger partial charge is 0.351 e. The minimum atomic E-state index is -0.135. The molecule has 2 aromatic heterocycles. The monoisotopic (exact) mass is 308 g/mol. The minimum Gasteiger partial charge on any atom is -0.351 e. The van der Waals surface area contributed by atoms with Gasteiger partial charge in [0.25, 0.3) is 5.91 Å². The van der Waals surface area contributed by atoms with Gasteiger partial charge < -0.3 is 5.32 Å². The summed E-state index contributed by atoms with van der Waals surface area (Å²) in [4.78, 5) is 16.6. The Morgan fingerprint density at radius 3 is 2.78 bits per heavy atom. The number of amides is 1. The summed E-state index contributed by atoms with van der Waals surface area (Å²) in [7, 11) is 0. The second-order valence-corrected chi connectivity index (χ2v) is 5.65. The molecule has 3 rings (SSSR count). The van der Waals surface area contributed by atoms with E-state index in [1.807, 2.05) is 48.9 Å². The van der Waals surface area contributed by atoms with E-state index < -0.39 is 0 Å². The average molecular weight is 308 g/mol. The third-order valence-corrected chi connectivity index (χ3v) is 3.77. The molecule has 118 valence electrons. The zero-order valence-electron chi connectivity index (χ0n) is 13.4. The molecule has 3 aromatic rings. The van der Waals surface area contributed by atoms with Gasteiger partial charge in [0.2, 0.25) is 0 Å². The first-order valence-electron chi connectivity index (χ1n) is 7.78. The third kappa shape index (κ3) is 3.56. The molecule has 0 atom stereocenters. The molecule has 0 fully saturated rings. The van der Waals surface area contributed by atoms with Crippen molar-refractivity contribution in [3.63, 3.8) is 0 Å². The number of aromatic nitrogens is 3. The van der Waals surface area contributed by atoms with Crippen LogP contribution < -0.4 is 5.32 Å². The Labute approximate surface area is 135 Å². The van der Waals surface area contributed by atoms with E-state index in [9.17, 15) is 4.79 Å². The number of carbonyl (C=O) groups is 1. The van der Waals surface area contributed by atoms with Crippen LogP contribution in [0.25, 0.3) is 10.9 Å². The maximum atomic E-state index is 12.2. The van der Waals surface area contributed by atoms with Crippen LogP contribution in [0.1, 0.15) is 28.3 Å². The predicted molar refractivity (Wildman–Crippen MR) is 90.4 cm³/mol. The van der Waals surface area contributed by atoms with Gasteiger partial charge in [0.1, 0.15) is 5.69 Å². The average Bonchev–Trinajstić information content (AvgIpc) is 2.88. The van der Waals surface area contributed by atoms with E-state index in [0.29, 0.717) is 12.2 Å². The number of hydrogen-bond donors (Lipinski definition) is 1. The first-order valence-corrected chi connectivity index (χ1v) is 7.78. The van der Waals surface area contributed by atoms with Gasteiger partial charge in [0, 0.05) is 24.2 Å². The number of hydrogen-bond acceptors (Lipinski definition) is 3. The summed E-state index contributed by atoms with van der Waals surface area (Å²) < 4.78 is 1.97. The molecule has 0 bridgehead atoms. The van der Waals surface area contributed by atoms with Gasteiger partial charge in [0.15, 0.2) is 0 Å². The van der Waals surface area contributed by atoms with E-state index >= 15 is 0 Å². The van der Waals surface area contributed by atoms with Crippen LogP contribution in [0.2, 0.25) is 0 Å².